The summed E-state index contributed by atoms with van der Waals surface area (Å²) in [6, 6.07) is 20.4. The SMILES string of the molecule is CCCCCCCC(CC(CCCCCCCC(=O)[O-])OC(C)=O)OCc1ccccc1.CCCCCCCC(CC(CCCCCCCC(=O)[O-])OC(C)=O)OCc1ccccc1.[Ba+2]. The van der Waals surface area contributed by atoms with Crippen LogP contribution in [0.25, 0.3) is 0 Å². The van der Waals surface area contributed by atoms with Gasteiger partial charge in [-0.3, -0.25) is 9.59 Å². The Morgan fingerprint density at radius 3 is 1.03 bits per heavy atom. The molecule has 0 bridgehead atoms. The molecule has 0 spiro atoms. The molecule has 0 heterocycles. The van der Waals surface area contributed by atoms with Gasteiger partial charge in [0.15, 0.2) is 0 Å². The number of aliphatic carboxylic acids is 2. The number of carbonyl (C=O) groups is 4. The zero-order valence-corrected chi connectivity index (χ0v) is 45.5. The molecule has 0 fully saturated rings. The maximum atomic E-state index is 11.7. The first kappa shape index (κ1) is 62.8. The topological polar surface area (TPSA) is 151 Å². The van der Waals surface area contributed by atoms with E-state index in [9.17, 15) is 29.4 Å². The van der Waals surface area contributed by atoms with Crippen molar-refractivity contribution in [3.63, 3.8) is 0 Å². The van der Waals surface area contributed by atoms with E-state index in [0.29, 0.717) is 26.1 Å². The summed E-state index contributed by atoms with van der Waals surface area (Å²) in [4.78, 5) is 44.3. The zero-order valence-electron chi connectivity index (χ0n) is 41.1. The van der Waals surface area contributed by atoms with Gasteiger partial charge in [-0.2, -0.15) is 0 Å². The van der Waals surface area contributed by atoms with Crippen LogP contribution >= 0.6 is 0 Å². The third kappa shape index (κ3) is 40.6. The molecule has 0 aliphatic carbocycles. The van der Waals surface area contributed by atoms with Crippen LogP contribution in [-0.2, 0) is 51.3 Å². The molecule has 364 valence electrons. The first-order chi connectivity index (χ1) is 31.0. The van der Waals surface area contributed by atoms with Gasteiger partial charge in [-0.1, -0.05) is 177 Å². The van der Waals surface area contributed by atoms with Crippen LogP contribution < -0.4 is 10.2 Å². The molecule has 0 aromatic heterocycles. The third-order valence-corrected chi connectivity index (χ3v) is 11.4. The fourth-order valence-electron chi connectivity index (χ4n) is 7.92. The number of esters is 2. The average Bonchev–Trinajstić information content (AvgIpc) is 3.26. The Hall–Kier alpha value is -2.19. The van der Waals surface area contributed by atoms with E-state index in [2.05, 4.69) is 38.1 Å². The summed E-state index contributed by atoms with van der Waals surface area (Å²) in [5.41, 5.74) is 2.31. The number of hydrogen-bond donors (Lipinski definition) is 0. The van der Waals surface area contributed by atoms with E-state index < -0.39 is 11.9 Å². The van der Waals surface area contributed by atoms with Gasteiger partial charge in [0.2, 0.25) is 0 Å². The third-order valence-electron chi connectivity index (χ3n) is 11.4. The molecule has 0 aliphatic rings. The van der Waals surface area contributed by atoms with Crippen molar-refractivity contribution >= 4 is 72.8 Å². The molecule has 11 heteroatoms. The maximum Gasteiger partial charge on any atom is 2.00 e. The van der Waals surface area contributed by atoms with E-state index in [0.717, 1.165) is 114 Å². The van der Waals surface area contributed by atoms with Gasteiger partial charge in [0, 0.05) is 38.6 Å². The Morgan fingerprint density at radius 2 is 0.723 bits per heavy atom. The van der Waals surface area contributed by atoms with E-state index in [1.165, 1.54) is 65.2 Å². The number of carbonyl (C=O) groups excluding carboxylic acids is 4. The fourth-order valence-corrected chi connectivity index (χ4v) is 7.92. The smallest absolute Gasteiger partial charge is 0.550 e. The van der Waals surface area contributed by atoms with Crippen molar-refractivity contribution in [2.45, 2.75) is 245 Å². The quantitative estimate of drug-likeness (QED) is 0.0358. The molecule has 2 rings (SSSR count). The molecule has 4 atom stereocenters. The van der Waals surface area contributed by atoms with Gasteiger partial charge in [0.05, 0.1) is 25.4 Å². The van der Waals surface area contributed by atoms with Crippen LogP contribution in [0.15, 0.2) is 60.7 Å². The summed E-state index contributed by atoms with van der Waals surface area (Å²) in [7, 11) is 0. The van der Waals surface area contributed by atoms with Crippen molar-refractivity contribution in [1.82, 2.24) is 0 Å². The van der Waals surface area contributed by atoms with E-state index in [1.807, 2.05) is 36.4 Å². The molecular weight excluding hydrogens is 946 g/mol. The van der Waals surface area contributed by atoms with Crippen LogP contribution in [0.1, 0.15) is 219 Å². The summed E-state index contributed by atoms with van der Waals surface area (Å²) in [6.45, 7) is 8.53. The van der Waals surface area contributed by atoms with Crippen LogP contribution in [0.5, 0.6) is 0 Å². The summed E-state index contributed by atoms with van der Waals surface area (Å²) >= 11 is 0. The van der Waals surface area contributed by atoms with E-state index >= 15 is 0 Å². The van der Waals surface area contributed by atoms with Gasteiger partial charge in [-0.15, -0.1) is 0 Å². The molecule has 0 aliphatic heterocycles. The van der Waals surface area contributed by atoms with E-state index in [4.69, 9.17) is 18.9 Å². The van der Waals surface area contributed by atoms with Crippen molar-refractivity contribution in [3.05, 3.63) is 71.8 Å². The molecule has 65 heavy (non-hydrogen) atoms. The van der Waals surface area contributed by atoms with Crippen LogP contribution in [0.4, 0.5) is 0 Å². The zero-order chi connectivity index (χ0) is 46.9. The first-order valence-corrected chi connectivity index (χ1v) is 25.1. The molecule has 0 saturated carbocycles. The summed E-state index contributed by atoms with van der Waals surface area (Å²) in [6.07, 6.45) is 26.5. The predicted octanol–water partition coefficient (Wildman–Crippen LogP) is 11.1. The molecule has 0 radical (unpaired) electrons. The number of carboxylic acids is 2. The molecule has 0 amide bonds. The Morgan fingerprint density at radius 1 is 0.431 bits per heavy atom. The van der Waals surface area contributed by atoms with Gasteiger partial charge in [-0.25, -0.2) is 0 Å². The number of ether oxygens (including phenoxy) is 4. The van der Waals surface area contributed by atoms with E-state index in [-0.39, 0.29) is 98.1 Å². The number of carboxylic acid groups (broad SMARTS) is 2. The minimum absolute atomic E-state index is 0. The standard InChI is InChI=1S/2C27H44O5.Ba/c2*1-3-4-5-7-13-18-25(31-22-24-16-11-10-12-17-24)21-26(32-23(2)28)19-14-8-6-9-15-20-27(29)30;/h2*10-12,16-17,25-26H,3-9,13-15,18-22H2,1-2H3,(H,29,30);/q;;+2/p-2. The first-order valence-electron chi connectivity index (χ1n) is 25.1. The Balaban J connectivity index is 0.00000124. The molecule has 2 aromatic carbocycles. The van der Waals surface area contributed by atoms with Gasteiger partial charge >= 0.3 is 60.8 Å². The molecule has 10 nitrogen and oxygen atoms in total. The van der Waals surface area contributed by atoms with Gasteiger partial charge in [0.25, 0.3) is 0 Å². The van der Waals surface area contributed by atoms with Crippen LogP contribution in [0, 0.1) is 0 Å². The number of unbranched alkanes of at least 4 members (excludes halogenated alkanes) is 16. The molecule has 4 unspecified atom stereocenters. The number of hydrogen-bond acceptors (Lipinski definition) is 10. The van der Waals surface area contributed by atoms with Gasteiger partial charge in [-0.05, 0) is 75.3 Å². The largest absolute Gasteiger partial charge is 2.00 e. The van der Waals surface area contributed by atoms with Crippen molar-refractivity contribution in [2.75, 3.05) is 0 Å². The minimum Gasteiger partial charge on any atom is -0.550 e. The van der Waals surface area contributed by atoms with Crippen LogP contribution in [-0.4, -0.2) is 97.2 Å². The maximum absolute atomic E-state index is 11.7. The monoisotopic (exact) mass is 1030 g/mol. The van der Waals surface area contributed by atoms with Crippen molar-refractivity contribution in [2.24, 2.45) is 0 Å². The van der Waals surface area contributed by atoms with Crippen molar-refractivity contribution in [1.29, 1.82) is 0 Å². The van der Waals surface area contributed by atoms with Crippen LogP contribution in [0.2, 0.25) is 0 Å². The van der Waals surface area contributed by atoms with Crippen molar-refractivity contribution < 1.29 is 48.3 Å². The van der Waals surface area contributed by atoms with E-state index in [1.54, 1.807) is 0 Å². The molecule has 2 aromatic rings. The van der Waals surface area contributed by atoms with Crippen LogP contribution in [0.3, 0.4) is 0 Å². The summed E-state index contributed by atoms with van der Waals surface area (Å²) < 4.78 is 23.8. The van der Waals surface area contributed by atoms with Gasteiger partial charge < -0.3 is 38.7 Å². The average molecular weight is 1030 g/mol. The van der Waals surface area contributed by atoms with Crippen molar-refractivity contribution in [3.8, 4) is 0 Å². The normalized spacial score (nSPS) is 12.7. The second-order valence-corrected chi connectivity index (χ2v) is 17.5. The number of rotatable bonds is 40. The number of benzene rings is 2. The minimum atomic E-state index is -0.976. The molecular formula is C54H86BaO10. The molecule has 0 N–H and O–H groups in total. The second kappa shape index (κ2) is 44.3. The Kier molecular flexibility index (Phi) is 42.8. The summed E-state index contributed by atoms with van der Waals surface area (Å²) in [5, 5.41) is 21.0. The fraction of sp³-hybridized carbons (Fsp3) is 0.704. The Bertz CT molecular complexity index is 1320. The molecule has 0 saturated heterocycles. The van der Waals surface area contributed by atoms with Gasteiger partial charge in [0.1, 0.15) is 12.2 Å². The predicted molar refractivity (Wildman–Crippen MR) is 258 cm³/mol. The second-order valence-electron chi connectivity index (χ2n) is 17.5. The summed E-state index contributed by atoms with van der Waals surface area (Å²) in [5.74, 6) is -2.44. The Labute approximate surface area is 434 Å².